The molecule has 0 aliphatic heterocycles. The largest absolute Gasteiger partial charge is 0.508 e. The molecule has 0 radical (unpaired) electrons. The maximum absolute atomic E-state index is 9.70. The first-order chi connectivity index (χ1) is 11.7. The van der Waals surface area contributed by atoms with Crippen LogP contribution < -0.4 is 5.32 Å². The first-order valence-electron chi connectivity index (χ1n) is 7.66. The van der Waals surface area contributed by atoms with Gasteiger partial charge in [-0.05, 0) is 54.4 Å². The number of aromatic hydroxyl groups is 1. The van der Waals surface area contributed by atoms with E-state index in [9.17, 15) is 5.11 Å². The Morgan fingerprint density at radius 3 is 2.62 bits per heavy atom. The third kappa shape index (κ3) is 2.56. The first kappa shape index (κ1) is 14.3. The molecule has 0 spiro atoms. The van der Waals surface area contributed by atoms with Gasteiger partial charge in [-0.2, -0.15) is 0 Å². The van der Waals surface area contributed by atoms with E-state index >= 15 is 0 Å². The molecule has 0 unspecified atom stereocenters. The number of nitrogens with one attached hydrogen (secondary N) is 2. The number of H-pyrrole nitrogens is 1. The number of nitrogens with zero attached hydrogens (tertiary/aromatic N) is 2. The van der Waals surface area contributed by atoms with E-state index in [-0.39, 0.29) is 0 Å². The Kier molecular flexibility index (Phi) is 3.39. The van der Waals surface area contributed by atoms with E-state index in [0.29, 0.717) is 5.75 Å². The fraction of sp³-hybridized carbons (Fsp3) is 0.0526. The number of phenols is 1. The zero-order chi connectivity index (χ0) is 16.5. The lowest BCUT2D eigenvalue weighted by Gasteiger charge is -2.05. The molecule has 0 aliphatic carbocycles. The Morgan fingerprint density at radius 2 is 1.83 bits per heavy atom. The SMILES string of the molecule is Cc1cc(-c2cc3c(Nc4ccccc4)ncnc3[nH]2)ccc1O. The number of para-hydroxylation sites is 1. The van der Waals surface area contributed by atoms with Gasteiger partial charge in [-0.3, -0.25) is 0 Å². The number of aromatic amines is 1. The number of hydrogen-bond donors (Lipinski definition) is 3. The lowest BCUT2D eigenvalue weighted by atomic mass is 10.1. The van der Waals surface area contributed by atoms with Crippen molar-refractivity contribution in [1.82, 2.24) is 15.0 Å². The lowest BCUT2D eigenvalue weighted by molar-refractivity contribution is 0.471. The van der Waals surface area contributed by atoms with Crippen LogP contribution in [0.15, 0.2) is 60.9 Å². The summed E-state index contributed by atoms with van der Waals surface area (Å²) >= 11 is 0. The summed E-state index contributed by atoms with van der Waals surface area (Å²) in [5.74, 6) is 1.05. The number of benzene rings is 2. The average Bonchev–Trinajstić information content (AvgIpc) is 3.04. The molecule has 0 saturated heterocycles. The van der Waals surface area contributed by atoms with E-state index in [4.69, 9.17) is 0 Å². The molecule has 5 nitrogen and oxygen atoms in total. The van der Waals surface area contributed by atoms with Gasteiger partial charge in [0, 0.05) is 11.4 Å². The van der Waals surface area contributed by atoms with Gasteiger partial charge in [-0.15, -0.1) is 0 Å². The molecule has 2 heterocycles. The van der Waals surface area contributed by atoms with Gasteiger partial charge in [0.1, 0.15) is 23.5 Å². The van der Waals surface area contributed by atoms with Crippen molar-refractivity contribution in [3.8, 4) is 17.0 Å². The Balaban J connectivity index is 1.78. The van der Waals surface area contributed by atoms with Gasteiger partial charge in [0.05, 0.1) is 5.39 Å². The van der Waals surface area contributed by atoms with E-state index < -0.39 is 0 Å². The third-order valence-electron chi connectivity index (χ3n) is 3.97. The summed E-state index contributed by atoms with van der Waals surface area (Å²) in [4.78, 5) is 12.0. The van der Waals surface area contributed by atoms with Crippen molar-refractivity contribution in [3.63, 3.8) is 0 Å². The Morgan fingerprint density at radius 1 is 1.00 bits per heavy atom. The molecule has 0 amide bonds. The van der Waals surface area contributed by atoms with E-state index in [0.717, 1.165) is 39.4 Å². The second-order valence-corrected chi connectivity index (χ2v) is 5.66. The maximum Gasteiger partial charge on any atom is 0.143 e. The van der Waals surface area contributed by atoms with E-state index in [2.05, 4.69) is 20.3 Å². The second kappa shape index (κ2) is 5.70. The van der Waals surface area contributed by atoms with Crippen LogP contribution in [-0.4, -0.2) is 20.1 Å². The van der Waals surface area contributed by atoms with Gasteiger partial charge < -0.3 is 15.4 Å². The van der Waals surface area contributed by atoms with Crippen molar-refractivity contribution in [1.29, 1.82) is 0 Å². The molecule has 3 N–H and O–H groups in total. The summed E-state index contributed by atoms with van der Waals surface area (Å²) in [6, 6.07) is 17.4. The van der Waals surface area contributed by atoms with Crippen molar-refractivity contribution < 1.29 is 5.11 Å². The third-order valence-corrected chi connectivity index (χ3v) is 3.97. The van der Waals surface area contributed by atoms with Crippen LogP contribution in [0.5, 0.6) is 5.75 Å². The smallest absolute Gasteiger partial charge is 0.143 e. The van der Waals surface area contributed by atoms with Gasteiger partial charge >= 0.3 is 0 Å². The molecule has 2 aromatic carbocycles. The van der Waals surface area contributed by atoms with Gasteiger partial charge in [0.15, 0.2) is 0 Å². The summed E-state index contributed by atoms with van der Waals surface area (Å²) in [6.07, 6.45) is 1.54. The number of aryl methyl sites for hydroxylation is 1. The summed E-state index contributed by atoms with van der Waals surface area (Å²) in [5.41, 5.74) is 4.50. The van der Waals surface area contributed by atoms with Gasteiger partial charge in [-0.1, -0.05) is 18.2 Å². The molecule has 0 fully saturated rings. The molecule has 2 aromatic heterocycles. The van der Waals surface area contributed by atoms with Crippen molar-refractivity contribution in [3.05, 3.63) is 66.5 Å². The summed E-state index contributed by atoms with van der Waals surface area (Å²) in [6.45, 7) is 1.88. The van der Waals surface area contributed by atoms with Gasteiger partial charge in [-0.25, -0.2) is 9.97 Å². The lowest BCUT2D eigenvalue weighted by Crippen LogP contribution is -1.94. The van der Waals surface area contributed by atoms with Crippen LogP contribution in [0, 0.1) is 6.92 Å². The Bertz CT molecular complexity index is 1010. The van der Waals surface area contributed by atoms with E-state index in [1.54, 1.807) is 6.07 Å². The minimum Gasteiger partial charge on any atom is -0.508 e. The number of aromatic nitrogens is 3. The van der Waals surface area contributed by atoms with Crippen LogP contribution in [0.1, 0.15) is 5.56 Å². The molecular weight excluding hydrogens is 300 g/mol. The zero-order valence-corrected chi connectivity index (χ0v) is 13.1. The Labute approximate surface area is 139 Å². The summed E-state index contributed by atoms with van der Waals surface area (Å²) in [5, 5.41) is 13.9. The Hall–Kier alpha value is -3.34. The van der Waals surface area contributed by atoms with Crippen molar-refractivity contribution in [2.24, 2.45) is 0 Å². The molecule has 0 bridgehead atoms. The number of fused-ring (bicyclic) bond motifs is 1. The number of hydrogen-bond acceptors (Lipinski definition) is 4. The molecule has 4 rings (SSSR count). The highest BCUT2D eigenvalue weighted by Gasteiger charge is 2.10. The molecule has 118 valence electrons. The first-order valence-corrected chi connectivity index (χ1v) is 7.66. The van der Waals surface area contributed by atoms with Gasteiger partial charge in [0.2, 0.25) is 0 Å². The molecule has 24 heavy (non-hydrogen) atoms. The van der Waals surface area contributed by atoms with Crippen molar-refractivity contribution in [2.45, 2.75) is 6.92 Å². The highest BCUT2D eigenvalue weighted by molar-refractivity contribution is 5.93. The van der Waals surface area contributed by atoms with E-state index in [1.165, 1.54) is 6.33 Å². The van der Waals surface area contributed by atoms with E-state index in [1.807, 2.05) is 55.5 Å². The predicted octanol–water partition coefficient (Wildman–Crippen LogP) is 4.38. The standard InChI is InChI=1S/C19H16N4O/c1-12-9-13(7-8-17(12)24)16-10-15-18(20-11-21-19(15)23-16)22-14-5-3-2-4-6-14/h2-11,24H,1H3,(H2,20,21,22,23). The molecule has 0 aliphatic rings. The minimum atomic E-state index is 0.293. The minimum absolute atomic E-state index is 0.293. The van der Waals surface area contributed by atoms with Crippen molar-refractivity contribution in [2.75, 3.05) is 5.32 Å². The average molecular weight is 316 g/mol. The molecule has 0 atom stereocenters. The van der Waals surface area contributed by atoms with Crippen LogP contribution >= 0.6 is 0 Å². The highest BCUT2D eigenvalue weighted by Crippen LogP contribution is 2.30. The predicted molar refractivity (Wildman–Crippen MR) is 95.5 cm³/mol. The molecule has 0 saturated carbocycles. The number of rotatable bonds is 3. The topological polar surface area (TPSA) is 73.8 Å². The normalized spacial score (nSPS) is 10.9. The fourth-order valence-corrected chi connectivity index (χ4v) is 2.68. The molecule has 5 heteroatoms. The van der Waals surface area contributed by atoms with Crippen LogP contribution in [0.25, 0.3) is 22.3 Å². The quantitative estimate of drug-likeness (QED) is 0.524. The van der Waals surface area contributed by atoms with Crippen LogP contribution in [0.3, 0.4) is 0 Å². The van der Waals surface area contributed by atoms with Crippen LogP contribution in [0.4, 0.5) is 11.5 Å². The number of phenolic OH excluding ortho intramolecular Hbond substituents is 1. The fourth-order valence-electron chi connectivity index (χ4n) is 2.68. The monoisotopic (exact) mass is 316 g/mol. The van der Waals surface area contributed by atoms with Gasteiger partial charge in [0.25, 0.3) is 0 Å². The highest BCUT2D eigenvalue weighted by atomic mass is 16.3. The second-order valence-electron chi connectivity index (χ2n) is 5.66. The summed E-state index contributed by atoms with van der Waals surface area (Å²) in [7, 11) is 0. The molecule has 4 aromatic rings. The zero-order valence-electron chi connectivity index (χ0n) is 13.1. The summed E-state index contributed by atoms with van der Waals surface area (Å²) < 4.78 is 0. The van der Waals surface area contributed by atoms with Crippen LogP contribution in [-0.2, 0) is 0 Å². The molecular formula is C19H16N4O. The number of anilines is 2. The van der Waals surface area contributed by atoms with Crippen molar-refractivity contribution >= 4 is 22.5 Å². The maximum atomic E-state index is 9.70. The van der Waals surface area contributed by atoms with Crippen LogP contribution in [0.2, 0.25) is 0 Å².